The Morgan fingerprint density at radius 2 is 1.78 bits per heavy atom. The first-order valence-electron chi connectivity index (χ1n) is 8.04. The van der Waals surface area contributed by atoms with Crippen molar-refractivity contribution in [3.05, 3.63) is 71.3 Å². The minimum atomic E-state index is -0.760. The normalized spacial score (nSPS) is 13.9. The molecular formula is C19H15F2N3O3. The Morgan fingerprint density at radius 3 is 2.37 bits per heavy atom. The number of imide groups is 1. The molecule has 1 heterocycles. The van der Waals surface area contributed by atoms with Gasteiger partial charge in [-0.05, 0) is 35.9 Å². The molecule has 0 unspecified atom stereocenters. The molecule has 138 valence electrons. The third-order valence-electron chi connectivity index (χ3n) is 3.90. The van der Waals surface area contributed by atoms with Gasteiger partial charge in [-0.3, -0.25) is 14.5 Å². The predicted octanol–water partition coefficient (Wildman–Crippen LogP) is 2.67. The summed E-state index contributed by atoms with van der Waals surface area (Å²) in [5.74, 6) is -2.38. The Morgan fingerprint density at radius 1 is 1.11 bits per heavy atom. The summed E-state index contributed by atoms with van der Waals surface area (Å²) in [6.07, 6.45) is 2.09. The van der Waals surface area contributed by atoms with Crippen LogP contribution in [0, 0.1) is 11.6 Å². The first-order valence-corrected chi connectivity index (χ1v) is 8.04. The summed E-state index contributed by atoms with van der Waals surface area (Å²) in [4.78, 5) is 36.1. The molecule has 0 radical (unpaired) electrons. The molecule has 3 rings (SSSR count). The van der Waals surface area contributed by atoms with Crippen molar-refractivity contribution < 1.29 is 23.2 Å². The van der Waals surface area contributed by atoms with Crippen molar-refractivity contribution in [2.24, 2.45) is 0 Å². The number of carbonyl (C=O) groups excluding carboxylic acids is 3. The zero-order chi connectivity index (χ0) is 19.4. The van der Waals surface area contributed by atoms with E-state index in [1.165, 1.54) is 6.07 Å². The number of halogens is 2. The number of urea groups is 1. The monoisotopic (exact) mass is 371 g/mol. The van der Waals surface area contributed by atoms with Gasteiger partial charge < -0.3 is 10.6 Å². The Labute approximate surface area is 153 Å². The Hall–Kier alpha value is -3.55. The molecule has 8 heteroatoms. The molecule has 0 aliphatic carbocycles. The van der Waals surface area contributed by atoms with E-state index in [1.54, 1.807) is 24.3 Å². The molecule has 2 aromatic rings. The number of rotatable bonds is 5. The highest BCUT2D eigenvalue weighted by Crippen LogP contribution is 2.15. The largest absolute Gasteiger partial charge is 0.329 e. The summed E-state index contributed by atoms with van der Waals surface area (Å²) >= 11 is 0. The fourth-order valence-corrected chi connectivity index (χ4v) is 2.50. The second kappa shape index (κ2) is 7.77. The van der Waals surface area contributed by atoms with Crippen LogP contribution in [-0.4, -0.2) is 29.3 Å². The van der Waals surface area contributed by atoms with E-state index in [4.69, 9.17) is 0 Å². The van der Waals surface area contributed by atoms with Crippen LogP contribution in [0.1, 0.15) is 11.1 Å². The smallest absolute Gasteiger partial charge is 0.324 e. The van der Waals surface area contributed by atoms with E-state index >= 15 is 0 Å². The van der Waals surface area contributed by atoms with E-state index in [0.29, 0.717) is 11.3 Å². The molecule has 0 aromatic heterocycles. The second-order valence-electron chi connectivity index (χ2n) is 5.79. The van der Waals surface area contributed by atoms with Gasteiger partial charge in [0.25, 0.3) is 0 Å². The van der Waals surface area contributed by atoms with Crippen molar-refractivity contribution in [2.45, 2.75) is 6.54 Å². The summed E-state index contributed by atoms with van der Waals surface area (Å²) in [7, 11) is 0. The minimum absolute atomic E-state index is 0.0120. The number of anilines is 1. The minimum Gasteiger partial charge on any atom is -0.329 e. The van der Waals surface area contributed by atoms with E-state index in [2.05, 4.69) is 10.6 Å². The van der Waals surface area contributed by atoms with Crippen LogP contribution in [0.5, 0.6) is 0 Å². The lowest BCUT2D eigenvalue weighted by Crippen LogP contribution is -2.30. The maximum atomic E-state index is 13.5. The van der Waals surface area contributed by atoms with Crippen LogP contribution in [0.4, 0.5) is 19.3 Å². The lowest BCUT2D eigenvalue weighted by atomic mass is 10.1. The quantitative estimate of drug-likeness (QED) is 0.627. The van der Waals surface area contributed by atoms with Crippen LogP contribution >= 0.6 is 0 Å². The number of hydrogen-bond acceptors (Lipinski definition) is 3. The molecule has 0 bridgehead atoms. The fourth-order valence-electron chi connectivity index (χ4n) is 2.50. The average Bonchev–Trinajstić information content (AvgIpc) is 2.95. The molecule has 1 aliphatic heterocycles. The van der Waals surface area contributed by atoms with Crippen molar-refractivity contribution in [3.8, 4) is 0 Å². The Bertz CT molecular complexity index is 890. The Kier molecular flexibility index (Phi) is 5.25. The van der Waals surface area contributed by atoms with Crippen LogP contribution in [0.3, 0.4) is 0 Å². The third-order valence-corrected chi connectivity index (χ3v) is 3.90. The summed E-state index contributed by atoms with van der Waals surface area (Å²) in [6.45, 7) is 0.118. The zero-order valence-electron chi connectivity index (χ0n) is 14.0. The van der Waals surface area contributed by atoms with Gasteiger partial charge in [0.15, 0.2) is 0 Å². The molecule has 2 aromatic carbocycles. The fraction of sp³-hybridized carbons (Fsp3) is 0.105. The molecule has 0 atom stereocenters. The number of hydrogen-bond donors (Lipinski definition) is 2. The Balaban J connectivity index is 1.61. The molecule has 0 saturated carbocycles. The van der Waals surface area contributed by atoms with Crippen LogP contribution in [0.15, 0.2) is 48.5 Å². The van der Waals surface area contributed by atoms with Gasteiger partial charge >= 0.3 is 6.03 Å². The maximum absolute atomic E-state index is 13.5. The molecular weight excluding hydrogens is 356 g/mol. The molecule has 2 N–H and O–H groups in total. The first kappa shape index (κ1) is 18.2. The van der Waals surface area contributed by atoms with Crippen LogP contribution in [-0.2, 0) is 16.1 Å². The van der Waals surface area contributed by atoms with E-state index in [1.807, 2.05) is 0 Å². The molecule has 1 fully saturated rings. The van der Waals surface area contributed by atoms with Crippen molar-refractivity contribution in [1.82, 2.24) is 10.2 Å². The number of carbonyl (C=O) groups is 3. The van der Waals surface area contributed by atoms with Crippen molar-refractivity contribution in [1.29, 1.82) is 0 Å². The molecule has 6 nitrogen and oxygen atoms in total. The van der Waals surface area contributed by atoms with E-state index in [9.17, 15) is 23.2 Å². The lowest BCUT2D eigenvalue weighted by molar-refractivity contribution is -0.125. The van der Waals surface area contributed by atoms with Gasteiger partial charge in [-0.1, -0.05) is 18.2 Å². The van der Waals surface area contributed by atoms with E-state index in [-0.39, 0.29) is 24.6 Å². The highest BCUT2D eigenvalue weighted by molar-refractivity contribution is 6.02. The second-order valence-corrected chi connectivity index (χ2v) is 5.79. The predicted molar refractivity (Wildman–Crippen MR) is 94.4 cm³/mol. The number of amides is 4. The molecule has 1 saturated heterocycles. The average molecular weight is 371 g/mol. The van der Waals surface area contributed by atoms with Gasteiger partial charge in [0.2, 0.25) is 11.8 Å². The summed E-state index contributed by atoms with van der Waals surface area (Å²) in [5.41, 5.74) is 0.874. The first-order chi connectivity index (χ1) is 12.9. The molecule has 27 heavy (non-hydrogen) atoms. The van der Waals surface area contributed by atoms with Crippen molar-refractivity contribution >= 4 is 29.6 Å². The van der Waals surface area contributed by atoms with Gasteiger partial charge in [-0.15, -0.1) is 0 Å². The lowest BCUT2D eigenvalue weighted by Gasteiger charge is -2.12. The van der Waals surface area contributed by atoms with Crippen molar-refractivity contribution in [3.63, 3.8) is 0 Å². The maximum Gasteiger partial charge on any atom is 0.324 e. The van der Waals surface area contributed by atoms with Gasteiger partial charge in [0, 0.05) is 17.3 Å². The summed E-state index contributed by atoms with van der Waals surface area (Å²) in [6, 6.07) is 9.52. The third kappa shape index (κ3) is 4.35. The number of nitrogens with one attached hydrogen (secondary N) is 2. The van der Waals surface area contributed by atoms with Gasteiger partial charge in [-0.25, -0.2) is 13.6 Å². The zero-order valence-corrected chi connectivity index (χ0v) is 14.0. The van der Waals surface area contributed by atoms with Crippen molar-refractivity contribution in [2.75, 3.05) is 11.9 Å². The van der Waals surface area contributed by atoms with Gasteiger partial charge in [-0.2, -0.15) is 0 Å². The SMILES string of the molecule is O=C(C=Cc1c(F)cccc1F)Nc1ccc(CN2C(=O)CNC2=O)cc1. The highest BCUT2D eigenvalue weighted by Gasteiger charge is 2.28. The molecule has 0 spiro atoms. The van der Waals surface area contributed by atoms with Gasteiger partial charge in [0.1, 0.15) is 11.6 Å². The van der Waals surface area contributed by atoms with Crippen LogP contribution in [0.25, 0.3) is 6.08 Å². The number of benzene rings is 2. The number of nitrogens with zero attached hydrogens (tertiary/aromatic N) is 1. The van der Waals surface area contributed by atoms with E-state index in [0.717, 1.165) is 29.2 Å². The van der Waals surface area contributed by atoms with Crippen LogP contribution in [0.2, 0.25) is 0 Å². The summed E-state index contributed by atoms with van der Waals surface area (Å²) in [5, 5.41) is 4.99. The molecule has 1 aliphatic rings. The van der Waals surface area contributed by atoms with Gasteiger partial charge in [0.05, 0.1) is 13.1 Å². The van der Waals surface area contributed by atoms with Crippen LogP contribution < -0.4 is 10.6 Å². The standard InChI is InChI=1S/C19H15F2N3O3/c20-15-2-1-3-16(21)14(15)8-9-17(25)23-13-6-4-12(5-7-13)11-24-18(26)10-22-19(24)27/h1-9H,10-11H2,(H,22,27)(H,23,25). The summed E-state index contributed by atoms with van der Waals surface area (Å²) < 4.78 is 27.0. The highest BCUT2D eigenvalue weighted by atomic mass is 19.1. The van der Waals surface area contributed by atoms with E-state index < -0.39 is 23.6 Å². The topological polar surface area (TPSA) is 78.5 Å². The molecule has 4 amide bonds.